The highest BCUT2D eigenvalue weighted by atomic mass is 16.5. The number of benzene rings is 1. The number of methoxy groups -OCH3 is 1. The van der Waals surface area contributed by atoms with Crippen molar-refractivity contribution in [3.8, 4) is 0 Å². The topological polar surface area (TPSA) is 83.0 Å². The maximum Gasteiger partial charge on any atom is 0.309 e. The number of nitrogen functional groups attached to an aromatic ring is 1. The van der Waals surface area contributed by atoms with Crippen LogP contribution in [0.25, 0.3) is 0 Å². The van der Waals surface area contributed by atoms with Gasteiger partial charge in [0.1, 0.15) is 6.33 Å². The van der Waals surface area contributed by atoms with Gasteiger partial charge < -0.3 is 10.5 Å². The highest BCUT2D eigenvalue weighted by Crippen LogP contribution is 2.11. The fourth-order valence-corrected chi connectivity index (χ4v) is 1.67. The second-order valence-corrected chi connectivity index (χ2v) is 3.82. The number of aromatic nitrogens is 3. The van der Waals surface area contributed by atoms with E-state index in [9.17, 15) is 4.79 Å². The van der Waals surface area contributed by atoms with E-state index in [1.807, 2.05) is 24.3 Å². The highest BCUT2D eigenvalue weighted by molar-refractivity contribution is 5.72. The lowest BCUT2D eigenvalue weighted by atomic mass is 10.0. The molecule has 0 unspecified atom stereocenters. The molecule has 0 fully saturated rings. The molecule has 18 heavy (non-hydrogen) atoms. The Labute approximate surface area is 104 Å². The van der Waals surface area contributed by atoms with E-state index in [0.717, 1.165) is 11.1 Å². The predicted octanol–water partition coefficient (Wildman–Crippen LogP) is 0.624. The Hall–Kier alpha value is -2.37. The van der Waals surface area contributed by atoms with Crippen LogP contribution in [0.4, 0.5) is 5.95 Å². The van der Waals surface area contributed by atoms with Crippen LogP contribution in [0.1, 0.15) is 11.1 Å². The van der Waals surface area contributed by atoms with Crippen LogP contribution < -0.4 is 5.73 Å². The lowest BCUT2D eigenvalue weighted by Crippen LogP contribution is -2.09. The molecule has 0 aliphatic carbocycles. The molecule has 94 valence electrons. The summed E-state index contributed by atoms with van der Waals surface area (Å²) in [6.45, 7) is 0.525. The quantitative estimate of drug-likeness (QED) is 0.800. The van der Waals surface area contributed by atoms with Gasteiger partial charge in [-0.05, 0) is 11.1 Å². The third-order valence-corrected chi connectivity index (χ3v) is 2.57. The molecule has 2 rings (SSSR count). The third-order valence-electron chi connectivity index (χ3n) is 2.57. The molecule has 0 atom stereocenters. The van der Waals surface area contributed by atoms with Crippen molar-refractivity contribution in [2.75, 3.05) is 12.8 Å². The van der Waals surface area contributed by atoms with Gasteiger partial charge in [-0.25, -0.2) is 9.67 Å². The first kappa shape index (κ1) is 12.1. The SMILES string of the molecule is COC(=O)Cc1ccccc1Cn1cnc(N)n1. The number of nitrogens with two attached hydrogens (primary N) is 1. The van der Waals surface area contributed by atoms with Crippen LogP contribution in [0, 0.1) is 0 Å². The minimum Gasteiger partial charge on any atom is -0.469 e. The lowest BCUT2D eigenvalue weighted by molar-refractivity contribution is -0.139. The number of ether oxygens (including phenoxy) is 1. The van der Waals surface area contributed by atoms with Crippen LogP contribution in [0.3, 0.4) is 0 Å². The first-order valence-electron chi connectivity index (χ1n) is 5.47. The number of rotatable bonds is 4. The zero-order valence-electron chi connectivity index (χ0n) is 10.0. The number of carbonyl (C=O) groups excluding carboxylic acids is 1. The molecule has 0 aliphatic heterocycles. The van der Waals surface area contributed by atoms with Crippen molar-refractivity contribution in [3.63, 3.8) is 0 Å². The number of esters is 1. The van der Waals surface area contributed by atoms with Gasteiger partial charge in [-0.15, -0.1) is 5.10 Å². The summed E-state index contributed by atoms with van der Waals surface area (Å²) in [6, 6.07) is 7.64. The molecule has 2 N–H and O–H groups in total. The summed E-state index contributed by atoms with van der Waals surface area (Å²) in [6.07, 6.45) is 1.81. The summed E-state index contributed by atoms with van der Waals surface area (Å²) in [7, 11) is 1.38. The molecule has 0 saturated heterocycles. The number of hydrogen-bond donors (Lipinski definition) is 1. The second-order valence-electron chi connectivity index (χ2n) is 3.82. The molecule has 1 heterocycles. The van der Waals surface area contributed by atoms with Gasteiger partial charge >= 0.3 is 5.97 Å². The number of anilines is 1. The Morgan fingerprint density at radius 3 is 2.72 bits per heavy atom. The van der Waals surface area contributed by atoms with E-state index in [1.54, 1.807) is 11.0 Å². The summed E-state index contributed by atoms with van der Waals surface area (Å²) in [4.78, 5) is 15.2. The van der Waals surface area contributed by atoms with Crippen LogP contribution in [0.5, 0.6) is 0 Å². The van der Waals surface area contributed by atoms with E-state index >= 15 is 0 Å². The third kappa shape index (κ3) is 2.85. The van der Waals surface area contributed by atoms with Crippen LogP contribution in [0.2, 0.25) is 0 Å². The second kappa shape index (κ2) is 5.31. The molecule has 1 aromatic heterocycles. The molecule has 0 aliphatic rings. The van der Waals surface area contributed by atoms with Crippen LogP contribution >= 0.6 is 0 Å². The van der Waals surface area contributed by atoms with E-state index in [1.165, 1.54) is 7.11 Å². The average Bonchev–Trinajstić information content (AvgIpc) is 2.77. The molecular weight excluding hydrogens is 232 g/mol. The molecule has 0 saturated carbocycles. The van der Waals surface area contributed by atoms with Gasteiger partial charge in [0, 0.05) is 0 Å². The molecule has 1 aromatic carbocycles. The van der Waals surface area contributed by atoms with Gasteiger partial charge in [0.2, 0.25) is 5.95 Å². The van der Waals surface area contributed by atoms with E-state index in [0.29, 0.717) is 6.54 Å². The van der Waals surface area contributed by atoms with Crippen molar-refractivity contribution < 1.29 is 9.53 Å². The highest BCUT2D eigenvalue weighted by Gasteiger charge is 2.08. The Bertz CT molecular complexity index is 551. The minimum atomic E-state index is -0.263. The Morgan fingerprint density at radius 1 is 1.39 bits per heavy atom. The van der Waals surface area contributed by atoms with Crippen molar-refractivity contribution in [3.05, 3.63) is 41.7 Å². The Kier molecular flexibility index (Phi) is 3.57. The number of nitrogens with zero attached hydrogens (tertiary/aromatic N) is 3. The van der Waals surface area contributed by atoms with E-state index < -0.39 is 0 Å². The fourth-order valence-electron chi connectivity index (χ4n) is 1.67. The zero-order chi connectivity index (χ0) is 13.0. The van der Waals surface area contributed by atoms with Gasteiger partial charge in [-0.2, -0.15) is 0 Å². The Morgan fingerprint density at radius 2 is 2.11 bits per heavy atom. The molecule has 6 heteroatoms. The maximum atomic E-state index is 11.3. The van der Waals surface area contributed by atoms with Crippen molar-refractivity contribution >= 4 is 11.9 Å². The van der Waals surface area contributed by atoms with Gasteiger partial charge in [0.05, 0.1) is 20.1 Å². The predicted molar refractivity (Wildman–Crippen MR) is 65.7 cm³/mol. The van der Waals surface area contributed by atoms with Crippen molar-refractivity contribution in [2.24, 2.45) is 0 Å². The first-order chi connectivity index (χ1) is 8.69. The fraction of sp³-hybridized carbons (Fsp3) is 0.250. The molecule has 0 bridgehead atoms. The molecular formula is C12H14N4O2. The minimum absolute atomic E-state index is 0.237. The lowest BCUT2D eigenvalue weighted by Gasteiger charge is -2.08. The van der Waals surface area contributed by atoms with Gasteiger partial charge in [-0.3, -0.25) is 4.79 Å². The van der Waals surface area contributed by atoms with Crippen molar-refractivity contribution in [1.82, 2.24) is 14.8 Å². The summed E-state index contributed by atoms with van der Waals surface area (Å²) in [5.74, 6) is -0.0268. The van der Waals surface area contributed by atoms with Gasteiger partial charge in [0.25, 0.3) is 0 Å². The molecule has 2 aromatic rings. The smallest absolute Gasteiger partial charge is 0.309 e. The maximum absolute atomic E-state index is 11.3. The monoisotopic (exact) mass is 246 g/mol. The van der Waals surface area contributed by atoms with E-state index in [2.05, 4.69) is 14.8 Å². The molecule has 6 nitrogen and oxygen atoms in total. The van der Waals surface area contributed by atoms with E-state index in [-0.39, 0.29) is 18.3 Å². The molecule has 0 amide bonds. The molecule has 0 spiro atoms. The van der Waals surface area contributed by atoms with Crippen molar-refractivity contribution in [1.29, 1.82) is 0 Å². The largest absolute Gasteiger partial charge is 0.469 e. The number of hydrogen-bond acceptors (Lipinski definition) is 5. The van der Waals surface area contributed by atoms with Crippen LogP contribution in [0.15, 0.2) is 30.6 Å². The summed E-state index contributed by atoms with van der Waals surface area (Å²) >= 11 is 0. The summed E-state index contributed by atoms with van der Waals surface area (Å²) < 4.78 is 6.30. The standard InChI is InChI=1S/C12H14N4O2/c1-18-11(17)6-9-4-2-3-5-10(9)7-16-8-14-12(13)15-16/h2-5,8H,6-7H2,1H3,(H2,13,15). The van der Waals surface area contributed by atoms with Crippen molar-refractivity contribution in [2.45, 2.75) is 13.0 Å². The first-order valence-corrected chi connectivity index (χ1v) is 5.47. The molecule has 0 radical (unpaired) electrons. The summed E-state index contributed by atoms with van der Waals surface area (Å²) in [5, 5.41) is 4.01. The Balaban J connectivity index is 2.19. The van der Waals surface area contributed by atoms with Crippen LogP contribution in [-0.2, 0) is 22.5 Å². The van der Waals surface area contributed by atoms with Crippen LogP contribution in [-0.4, -0.2) is 27.8 Å². The average molecular weight is 246 g/mol. The zero-order valence-corrected chi connectivity index (χ0v) is 10.0. The normalized spacial score (nSPS) is 10.3. The van der Waals surface area contributed by atoms with Gasteiger partial charge in [-0.1, -0.05) is 24.3 Å². The van der Waals surface area contributed by atoms with E-state index in [4.69, 9.17) is 5.73 Å². The van der Waals surface area contributed by atoms with Gasteiger partial charge in [0.15, 0.2) is 0 Å². The summed E-state index contributed by atoms with van der Waals surface area (Å²) in [5.41, 5.74) is 7.36. The number of carbonyl (C=O) groups is 1.